The molecule has 1 aromatic heterocycles. The van der Waals surface area contributed by atoms with Gasteiger partial charge in [-0.15, -0.1) is 0 Å². The Labute approximate surface area is 98.7 Å². The number of fused-ring (bicyclic) bond motifs is 1. The summed E-state index contributed by atoms with van der Waals surface area (Å²) < 4.78 is 13.0. The number of carbonyl (C=O) groups excluding carboxylic acids is 1. The van der Waals surface area contributed by atoms with Gasteiger partial charge in [0.15, 0.2) is 0 Å². The van der Waals surface area contributed by atoms with Crippen molar-refractivity contribution in [3.05, 3.63) is 41.8 Å². The highest BCUT2D eigenvalue weighted by molar-refractivity contribution is 5.94. The van der Waals surface area contributed by atoms with Crippen LogP contribution in [0.15, 0.2) is 30.3 Å². The number of nitrogens with one attached hydrogen (secondary N) is 1. The minimum atomic E-state index is -0.303. The SMILES string of the molecule is CCCNC(=O)c1ccc2cc(F)ccc2n1. The van der Waals surface area contributed by atoms with Gasteiger partial charge in [0.05, 0.1) is 5.52 Å². The molecule has 0 saturated heterocycles. The summed E-state index contributed by atoms with van der Waals surface area (Å²) in [4.78, 5) is 15.9. The average molecular weight is 232 g/mol. The molecule has 1 aromatic carbocycles. The predicted octanol–water partition coefficient (Wildman–Crippen LogP) is 2.51. The van der Waals surface area contributed by atoms with E-state index in [1.807, 2.05) is 6.92 Å². The van der Waals surface area contributed by atoms with Gasteiger partial charge < -0.3 is 5.32 Å². The van der Waals surface area contributed by atoms with E-state index in [2.05, 4.69) is 10.3 Å². The van der Waals surface area contributed by atoms with E-state index < -0.39 is 0 Å². The van der Waals surface area contributed by atoms with Gasteiger partial charge >= 0.3 is 0 Å². The van der Waals surface area contributed by atoms with Crippen molar-refractivity contribution in [1.29, 1.82) is 0 Å². The fraction of sp³-hybridized carbons (Fsp3) is 0.231. The zero-order valence-corrected chi connectivity index (χ0v) is 9.53. The molecule has 2 rings (SSSR count). The van der Waals surface area contributed by atoms with Crippen molar-refractivity contribution in [2.75, 3.05) is 6.54 Å². The summed E-state index contributed by atoms with van der Waals surface area (Å²) >= 11 is 0. The molecule has 0 saturated carbocycles. The van der Waals surface area contributed by atoms with Crippen LogP contribution in [0.25, 0.3) is 10.9 Å². The molecule has 0 aliphatic heterocycles. The molecule has 0 aliphatic carbocycles. The number of benzene rings is 1. The summed E-state index contributed by atoms with van der Waals surface area (Å²) in [7, 11) is 0. The lowest BCUT2D eigenvalue weighted by Gasteiger charge is -2.04. The molecular weight excluding hydrogens is 219 g/mol. The lowest BCUT2D eigenvalue weighted by Crippen LogP contribution is -2.24. The second-order valence-corrected chi connectivity index (χ2v) is 3.79. The van der Waals surface area contributed by atoms with E-state index in [4.69, 9.17) is 0 Å². The van der Waals surface area contributed by atoms with E-state index in [0.717, 1.165) is 6.42 Å². The number of rotatable bonds is 3. The highest BCUT2D eigenvalue weighted by Crippen LogP contribution is 2.14. The van der Waals surface area contributed by atoms with Crippen LogP contribution in [0.4, 0.5) is 4.39 Å². The van der Waals surface area contributed by atoms with Crippen LogP contribution in [-0.4, -0.2) is 17.4 Å². The Bertz CT molecular complexity index is 554. The van der Waals surface area contributed by atoms with Crippen LogP contribution >= 0.6 is 0 Å². The van der Waals surface area contributed by atoms with Crippen molar-refractivity contribution in [1.82, 2.24) is 10.3 Å². The summed E-state index contributed by atoms with van der Waals surface area (Å²) in [5.41, 5.74) is 0.980. The van der Waals surface area contributed by atoms with Crippen molar-refractivity contribution >= 4 is 16.8 Å². The maximum Gasteiger partial charge on any atom is 0.269 e. The first-order valence-corrected chi connectivity index (χ1v) is 5.55. The van der Waals surface area contributed by atoms with E-state index in [-0.39, 0.29) is 11.7 Å². The smallest absolute Gasteiger partial charge is 0.269 e. The van der Waals surface area contributed by atoms with E-state index >= 15 is 0 Å². The topological polar surface area (TPSA) is 42.0 Å². The van der Waals surface area contributed by atoms with Gasteiger partial charge in [-0.25, -0.2) is 9.37 Å². The Kier molecular flexibility index (Phi) is 3.32. The van der Waals surface area contributed by atoms with Gasteiger partial charge in [-0.3, -0.25) is 4.79 Å². The maximum absolute atomic E-state index is 13.0. The molecule has 4 heteroatoms. The number of aromatic nitrogens is 1. The Morgan fingerprint density at radius 1 is 1.35 bits per heavy atom. The van der Waals surface area contributed by atoms with E-state index in [1.165, 1.54) is 12.1 Å². The summed E-state index contributed by atoms with van der Waals surface area (Å²) in [6.07, 6.45) is 0.879. The molecular formula is C13H13FN2O. The largest absolute Gasteiger partial charge is 0.351 e. The first kappa shape index (κ1) is 11.5. The Hall–Kier alpha value is -1.97. The summed E-state index contributed by atoms with van der Waals surface area (Å²) in [6.45, 7) is 2.61. The minimum Gasteiger partial charge on any atom is -0.351 e. The molecule has 3 nitrogen and oxygen atoms in total. The highest BCUT2D eigenvalue weighted by atomic mass is 19.1. The third-order valence-corrected chi connectivity index (χ3v) is 2.42. The molecule has 17 heavy (non-hydrogen) atoms. The van der Waals surface area contributed by atoms with Crippen molar-refractivity contribution < 1.29 is 9.18 Å². The lowest BCUT2D eigenvalue weighted by atomic mass is 10.2. The van der Waals surface area contributed by atoms with Gasteiger partial charge in [0, 0.05) is 11.9 Å². The van der Waals surface area contributed by atoms with Gasteiger partial charge in [-0.05, 0) is 30.7 Å². The quantitative estimate of drug-likeness (QED) is 0.883. The number of amides is 1. The number of nitrogens with zero attached hydrogens (tertiary/aromatic N) is 1. The summed E-state index contributed by atoms with van der Waals surface area (Å²) in [5, 5.41) is 3.44. The third kappa shape index (κ3) is 2.58. The van der Waals surface area contributed by atoms with E-state index in [1.54, 1.807) is 18.2 Å². The number of carbonyl (C=O) groups is 1. The number of hydrogen-bond donors (Lipinski definition) is 1. The van der Waals surface area contributed by atoms with Gasteiger partial charge in [-0.1, -0.05) is 13.0 Å². The molecule has 0 fully saturated rings. The zero-order chi connectivity index (χ0) is 12.3. The van der Waals surface area contributed by atoms with Crippen LogP contribution in [-0.2, 0) is 0 Å². The van der Waals surface area contributed by atoms with E-state index in [9.17, 15) is 9.18 Å². The van der Waals surface area contributed by atoms with Crippen molar-refractivity contribution in [3.8, 4) is 0 Å². The second-order valence-electron chi connectivity index (χ2n) is 3.79. The van der Waals surface area contributed by atoms with Crippen LogP contribution in [0.2, 0.25) is 0 Å². The van der Waals surface area contributed by atoms with Crippen molar-refractivity contribution in [2.24, 2.45) is 0 Å². The molecule has 0 spiro atoms. The fourth-order valence-electron chi connectivity index (χ4n) is 1.55. The maximum atomic E-state index is 13.0. The van der Waals surface area contributed by atoms with Gasteiger partial charge in [0.25, 0.3) is 5.91 Å². The molecule has 1 N–H and O–H groups in total. The van der Waals surface area contributed by atoms with Crippen molar-refractivity contribution in [3.63, 3.8) is 0 Å². The van der Waals surface area contributed by atoms with Crippen LogP contribution in [0.1, 0.15) is 23.8 Å². The molecule has 0 aliphatic rings. The summed E-state index contributed by atoms with van der Waals surface area (Å²) in [6, 6.07) is 7.61. The first-order chi connectivity index (χ1) is 8.20. The normalized spacial score (nSPS) is 10.5. The van der Waals surface area contributed by atoms with Crippen LogP contribution in [0, 0.1) is 5.82 Å². The highest BCUT2D eigenvalue weighted by Gasteiger charge is 2.07. The molecule has 1 amide bonds. The van der Waals surface area contributed by atoms with Gasteiger partial charge in [-0.2, -0.15) is 0 Å². The van der Waals surface area contributed by atoms with Crippen LogP contribution in [0.5, 0.6) is 0 Å². The van der Waals surface area contributed by atoms with Gasteiger partial charge in [0.2, 0.25) is 0 Å². The Balaban J connectivity index is 2.31. The number of hydrogen-bond acceptors (Lipinski definition) is 2. The Morgan fingerprint density at radius 3 is 2.94 bits per heavy atom. The predicted molar refractivity (Wildman–Crippen MR) is 64.3 cm³/mol. The molecule has 88 valence electrons. The van der Waals surface area contributed by atoms with Gasteiger partial charge in [0.1, 0.15) is 11.5 Å². The molecule has 1 heterocycles. The Morgan fingerprint density at radius 2 is 2.18 bits per heavy atom. The number of halogens is 1. The average Bonchev–Trinajstić information content (AvgIpc) is 2.35. The molecule has 0 bridgehead atoms. The number of pyridine rings is 1. The molecule has 2 aromatic rings. The van der Waals surface area contributed by atoms with Crippen LogP contribution in [0.3, 0.4) is 0 Å². The third-order valence-electron chi connectivity index (χ3n) is 2.42. The monoisotopic (exact) mass is 232 g/mol. The standard InChI is InChI=1S/C13H13FN2O/c1-2-7-15-13(17)12-5-3-9-8-10(14)4-6-11(9)16-12/h3-6,8H,2,7H2,1H3,(H,15,17). The first-order valence-electron chi connectivity index (χ1n) is 5.55. The molecule has 0 atom stereocenters. The zero-order valence-electron chi connectivity index (χ0n) is 9.53. The van der Waals surface area contributed by atoms with Crippen molar-refractivity contribution in [2.45, 2.75) is 13.3 Å². The molecule has 0 unspecified atom stereocenters. The lowest BCUT2D eigenvalue weighted by molar-refractivity contribution is 0.0949. The summed E-state index contributed by atoms with van der Waals surface area (Å²) in [5.74, 6) is -0.499. The fourth-order valence-corrected chi connectivity index (χ4v) is 1.55. The van der Waals surface area contributed by atoms with Crippen LogP contribution < -0.4 is 5.32 Å². The molecule has 0 radical (unpaired) electrons. The second kappa shape index (κ2) is 4.91. The van der Waals surface area contributed by atoms with E-state index in [0.29, 0.717) is 23.1 Å². The minimum absolute atomic E-state index is 0.196.